The maximum atomic E-state index is 13.2. The Hall–Kier alpha value is -3.33. The van der Waals surface area contributed by atoms with Crippen LogP contribution in [-0.4, -0.2) is 63.8 Å². The van der Waals surface area contributed by atoms with Crippen molar-refractivity contribution in [2.45, 2.75) is 13.8 Å². The topological polar surface area (TPSA) is 79.2 Å². The molecule has 4 rings (SSSR count). The number of halogens is 1. The molecule has 162 valence electrons. The molecule has 8 nitrogen and oxygen atoms in total. The number of aromatic nitrogens is 4. The monoisotopic (exact) mass is 423 g/mol. The van der Waals surface area contributed by atoms with Gasteiger partial charge in [-0.15, -0.1) is 0 Å². The Morgan fingerprint density at radius 3 is 2.23 bits per heavy atom. The number of amides is 1. The lowest BCUT2D eigenvalue weighted by Crippen LogP contribution is -2.45. The van der Waals surface area contributed by atoms with Crippen molar-refractivity contribution in [2.75, 3.05) is 43.4 Å². The second kappa shape index (κ2) is 8.43. The summed E-state index contributed by atoms with van der Waals surface area (Å²) in [6.45, 7) is 7.44. The van der Waals surface area contributed by atoms with Crippen LogP contribution in [0, 0.1) is 19.7 Å². The number of anilines is 2. The number of hydrogen-bond donors (Lipinski definition) is 1. The van der Waals surface area contributed by atoms with E-state index in [2.05, 4.69) is 37.2 Å². The normalized spacial score (nSPS) is 14.7. The third kappa shape index (κ3) is 4.41. The van der Waals surface area contributed by atoms with Crippen LogP contribution >= 0.6 is 0 Å². The molecule has 1 saturated heterocycles. The van der Waals surface area contributed by atoms with Crippen molar-refractivity contribution in [3.05, 3.63) is 53.2 Å². The molecule has 1 aliphatic heterocycles. The van der Waals surface area contributed by atoms with Gasteiger partial charge in [-0.25, -0.2) is 14.4 Å². The van der Waals surface area contributed by atoms with E-state index in [0.717, 1.165) is 43.1 Å². The maximum Gasteiger partial charge on any atom is 0.274 e. The summed E-state index contributed by atoms with van der Waals surface area (Å²) in [4.78, 5) is 26.7. The van der Waals surface area contributed by atoms with Crippen molar-refractivity contribution in [2.24, 2.45) is 7.05 Å². The molecular formula is C22H26FN7O. The molecule has 9 heteroatoms. The van der Waals surface area contributed by atoms with Crippen LogP contribution in [0.15, 0.2) is 30.3 Å². The highest BCUT2D eigenvalue weighted by Crippen LogP contribution is 2.23. The average molecular weight is 423 g/mol. The van der Waals surface area contributed by atoms with E-state index >= 15 is 0 Å². The van der Waals surface area contributed by atoms with E-state index in [0.29, 0.717) is 23.0 Å². The molecule has 0 spiro atoms. The fourth-order valence-electron chi connectivity index (χ4n) is 3.65. The molecule has 0 saturated carbocycles. The fourth-order valence-corrected chi connectivity index (χ4v) is 3.65. The van der Waals surface area contributed by atoms with Gasteiger partial charge in [0.1, 0.15) is 11.5 Å². The second-order valence-electron chi connectivity index (χ2n) is 7.86. The lowest BCUT2D eigenvalue weighted by molar-refractivity contribution is 0.101. The number of likely N-dealkylation sites (N-methyl/N-ethyl adjacent to an activating group) is 1. The first kappa shape index (κ1) is 20.9. The number of carbonyl (C=O) groups excluding carboxylic acids is 1. The van der Waals surface area contributed by atoms with Gasteiger partial charge < -0.3 is 15.1 Å². The van der Waals surface area contributed by atoms with E-state index in [1.807, 2.05) is 13.8 Å². The van der Waals surface area contributed by atoms with E-state index in [1.165, 1.54) is 16.8 Å². The second-order valence-corrected chi connectivity index (χ2v) is 7.86. The molecule has 2 aromatic heterocycles. The van der Waals surface area contributed by atoms with E-state index in [9.17, 15) is 9.18 Å². The molecule has 0 unspecified atom stereocenters. The summed E-state index contributed by atoms with van der Waals surface area (Å²) in [5.41, 5.74) is 3.77. The quantitative estimate of drug-likeness (QED) is 0.695. The third-order valence-corrected chi connectivity index (χ3v) is 5.54. The van der Waals surface area contributed by atoms with Crippen molar-refractivity contribution < 1.29 is 9.18 Å². The first-order valence-corrected chi connectivity index (χ1v) is 10.2. The van der Waals surface area contributed by atoms with Gasteiger partial charge in [0, 0.05) is 38.8 Å². The minimum absolute atomic E-state index is 0.300. The highest BCUT2D eigenvalue weighted by molar-refractivity contribution is 6.04. The number of hydrogen-bond acceptors (Lipinski definition) is 6. The molecule has 0 radical (unpaired) electrons. The number of benzene rings is 1. The van der Waals surface area contributed by atoms with Crippen LogP contribution in [0.25, 0.3) is 11.3 Å². The Balaban J connectivity index is 1.54. The lowest BCUT2D eigenvalue weighted by Gasteiger charge is -2.32. The molecule has 3 aromatic rings. The van der Waals surface area contributed by atoms with Gasteiger partial charge in [0.25, 0.3) is 5.91 Å². The number of piperazine rings is 1. The number of rotatable bonds is 4. The van der Waals surface area contributed by atoms with Crippen LogP contribution in [-0.2, 0) is 7.05 Å². The molecular weight excluding hydrogens is 397 g/mol. The Kier molecular flexibility index (Phi) is 5.69. The average Bonchev–Trinajstić information content (AvgIpc) is 3.13. The summed E-state index contributed by atoms with van der Waals surface area (Å²) in [6.07, 6.45) is 0. The maximum absolute atomic E-state index is 13.2. The Labute approximate surface area is 180 Å². The van der Waals surface area contributed by atoms with E-state index in [1.54, 1.807) is 25.2 Å². The van der Waals surface area contributed by atoms with Gasteiger partial charge in [-0.05, 0) is 51.2 Å². The summed E-state index contributed by atoms with van der Waals surface area (Å²) in [7, 11) is 3.81. The van der Waals surface area contributed by atoms with Crippen LogP contribution in [0.2, 0.25) is 0 Å². The summed E-state index contributed by atoms with van der Waals surface area (Å²) in [5, 5.41) is 7.33. The predicted molar refractivity (Wildman–Crippen MR) is 118 cm³/mol. The largest absolute Gasteiger partial charge is 0.338 e. The first-order chi connectivity index (χ1) is 14.8. The summed E-state index contributed by atoms with van der Waals surface area (Å²) in [6, 6.07) is 7.70. The molecule has 1 amide bonds. The number of nitrogens with zero attached hydrogens (tertiary/aromatic N) is 6. The van der Waals surface area contributed by atoms with Crippen molar-refractivity contribution >= 4 is 17.5 Å². The lowest BCUT2D eigenvalue weighted by atomic mass is 10.1. The molecule has 1 aliphatic rings. The van der Waals surface area contributed by atoms with Gasteiger partial charge in [0.15, 0.2) is 0 Å². The minimum Gasteiger partial charge on any atom is -0.338 e. The molecule has 31 heavy (non-hydrogen) atoms. The van der Waals surface area contributed by atoms with E-state index < -0.39 is 0 Å². The summed E-state index contributed by atoms with van der Waals surface area (Å²) >= 11 is 0. The summed E-state index contributed by atoms with van der Waals surface area (Å²) in [5.74, 6) is 0.0781. The SMILES string of the molecule is Cc1nc(N2CCN(C)CC2)nc(C)c1NC(=O)c1cc(-c2ccc(F)cc2)nn1C. The zero-order chi connectivity index (χ0) is 22.1. The van der Waals surface area contributed by atoms with Crippen LogP contribution in [0.1, 0.15) is 21.9 Å². The van der Waals surface area contributed by atoms with Crippen molar-refractivity contribution in [3.63, 3.8) is 0 Å². The zero-order valence-electron chi connectivity index (χ0n) is 18.2. The molecule has 1 N–H and O–H groups in total. The zero-order valence-corrected chi connectivity index (χ0v) is 18.2. The Morgan fingerprint density at radius 1 is 1.00 bits per heavy atom. The van der Waals surface area contributed by atoms with Crippen molar-refractivity contribution in [1.82, 2.24) is 24.6 Å². The first-order valence-electron chi connectivity index (χ1n) is 10.2. The minimum atomic E-state index is -0.316. The van der Waals surface area contributed by atoms with Gasteiger partial charge in [-0.3, -0.25) is 9.48 Å². The highest BCUT2D eigenvalue weighted by Gasteiger charge is 2.21. The van der Waals surface area contributed by atoms with Gasteiger partial charge in [0.2, 0.25) is 5.95 Å². The Morgan fingerprint density at radius 2 is 1.61 bits per heavy atom. The van der Waals surface area contributed by atoms with Crippen LogP contribution in [0.3, 0.4) is 0 Å². The Bertz CT molecular complexity index is 1080. The van der Waals surface area contributed by atoms with Crippen molar-refractivity contribution in [1.29, 1.82) is 0 Å². The van der Waals surface area contributed by atoms with Crippen LogP contribution in [0.5, 0.6) is 0 Å². The number of nitrogens with one attached hydrogen (secondary N) is 1. The van der Waals surface area contributed by atoms with Gasteiger partial charge >= 0.3 is 0 Å². The number of aryl methyl sites for hydroxylation is 3. The molecule has 0 atom stereocenters. The molecule has 1 fully saturated rings. The predicted octanol–water partition coefficient (Wildman–Crippen LogP) is 2.64. The van der Waals surface area contributed by atoms with E-state index in [4.69, 9.17) is 0 Å². The standard InChI is InChI=1S/C22H26FN7O/c1-14-20(15(2)25-22(24-14)30-11-9-28(3)10-12-30)26-21(31)19-13-18(27-29(19)4)16-5-7-17(23)8-6-16/h5-8,13H,9-12H2,1-4H3,(H,26,31). The number of carbonyl (C=O) groups is 1. The molecule has 1 aromatic carbocycles. The van der Waals surface area contributed by atoms with Crippen molar-refractivity contribution in [3.8, 4) is 11.3 Å². The third-order valence-electron chi connectivity index (χ3n) is 5.54. The molecule has 0 bridgehead atoms. The molecule has 3 heterocycles. The van der Waals surface area contributed by atoms with Gasteiger partial charge in [-0.2, -0.15) is 5.10 Å². The van der Waals surface area contributed by atoms with Gasteiger partial charge in [-0.1, -0.05) is 0 Å². The summed E-state index contributed by atoms with van der Waals surface area (Å²) < 4.78 is 14.7. The van der Waals surface area contributed by atoms with E-state index in [-0.39, 0.29) is 11.7 Å². The van der Waals surface area contributed by atoms with Crippen LogP contribution < -0.4 is 10.2 Å². The highest BCUT2D eigenvalue weighted by atomic mass is 19.1. The molecule has 0 aliphatic carbocycles. The van der Waals surface area contributed by atoms with Gasteiger partial charge in [0.05, 0.1) is 22.8 Å². The van der Waals surface area contributed by atoms with Crippen LogP contribution in [0.4, 0.5) is 16.0 Å². The smallest absolute Gasteiger partial charge is 0.274 e. The fraction of sp³-hybridized carbons (Fsp3) is 0.364.